The second-order valence-corrected chi connectivity index (χ2v) is 8.69. The van der Waals surface area contributed by atoms with Gasteiger partial charge in [0.05, 0.1) is 11.3 Å². The molecule has 1 aliphatic carbocycles. The molecule has 3 N–H and O–H groups in total. The SMILES string of the molecule is C=C1C=C(C2=CCCCC2)N=C2C(C(NC3NC=CC=C3C(=O)O)C(F)(F)P)=CC=CN12. The number of halogens is 2. The van der Waals surface area contributed by atoms with Gasteiger partial charge in [-0.05, 0) is 61.8 Å². The highest BCUT2D eigenvalue weighted by Gasteiger charge is 2.43. The van der Waals surface area contributed by atoms with Crippen molar-refractivity contribution in [2.75, 3.05) is 0 Å². The highest BCUT2D eigenvalue weighted by Crippen LogP contribution is 2.37. The van der Waals surface area contributed by atoms with Gasteiger partial charge in [0.25, 0.3) is 5.66 Å². The average molecular weight is 458 g/mol. The van der Waals surface area contributed by atoms with Gasteiger partial charge in [-0.25, -0.2) is 18.6 Å². The number of alkyl halides is 2. The molecule has 6 nitrogen and oxygen atoms in total. The number of nitrogens with zero attached hydrogens (tertiary/aromatic N) is 2. The molecule has 3 heterocycles. The van der Waals surface area contributed by atoms with Gasteiger partial charge in [0.1, 0.15) is 18.0 Å². The topological polar surface area (TPSA) is 77.0 Å². The molecule has 0 saturated heterocycles. The number of fused-ring (bicyclic) bond motifs is 1. The molecule has 0 spiro atoms. The quantitative estimate of drug-likeness (QED) is 0.526. The summed E-state index contributed by atoms with van der Waals surface area (Å²) in [6.45, 7) is 4.09. The smallest absolute Gasteiger partial charge is 0.335 e. The first-order chi connectivity index (χ1) is 15.3. The Balaban J connectivity index is 1.70. The number of dihydropyridines is 1. The molecule has 0 radical (unpaired) electrons. The zero-order valence-electron chi connectivity index (χ0n) is 17.4. The highest BCUT2D eigenvalue weighted by molar-refractivity contribution is 7.18. The van der Waals surface area contributed by atoms with Gasteiger partial charge >= 0.3 is 5.97 Å². The van der Waals surface area contributed by atoms with E-state index in [2.05, 4.69) is 23.3 Å². The first-order valence-electron chi connectivity index (χ1n) is 10.4. The molecule has 32 heavy (non-hydrogen) atoms. The molecule has 0 saturated carbocycles. The van der Waals surface area contributed by atoms with E-state index in [0.29, 0.717) is 11.5 Å². The van der Waals surface area contributed by atoms with Gasteiger partial charge in [0.2, 0.25) is 0 Å². The number of aliphatic imine (C=N–C) groups is 1. The molecule has 0 bridgehead atoms. The van der Waals surface area contributed by atoms with Crippen molar-refractivity contribution in [3.63, 3.8) is 0 Å². The molecule has 0 fully saturated rings. The molecule has 3 unspecified atom stereocenters. The Kier molecular flexibility index (Phi) is 6.26. The van der Waals surface area contributed by atoms with E-state index >= 15 is 0 Å². The van der Waals surface area contributed by atoms with E-state index in [-0.39, 0.29) is 11.1 Å². The largest absolute Gasteiger partial charge is 0.478 e. The van der Waals surface area contributed by atoms with E-state index in [0.717, 1.165) is 37.0 Å². The number of hydrogen-bond donors (Lipinski definition) is 3. The molecule has 0 amide bonds. The normalized spacial score (nSPS) is 23.8. The van der Waals surface area contributed by atoms with Crippen molar-refractivity contribution in [2.45, 2.75) is 43.6 Å². The third kappa shape index (κ3) is 4.52. The number of nitrogens with one attached hydrogen (secondary N) is 2. The van der Waals surface area contributed by atoms with Crippen LogP contribution in [-0.2, 0) is 4.79 Å². The lowest BCUT2D eigenvalue weighted by molar-refractivity contribution is -0.133. The van der Waals surface area contributed by atoms with Crippen LogP contribution in [0.25, 0.3) is 0 Å². The van der Waals surface area contributed by atoms with Crippen molar-refractivity contribution in [3.8, 4) is 0 Å². The van der Waals surface area contributed by atoms with Gasteiger partial charge in [-0.15, -0.1) is 0 Å². The number of hydrogen-bond acceptors (Lipinski definition) is 5. The summed E-state index contributed by atoms with van der Waals surface area (Å²) in [7, 11) is 1.56. The zero-order chi connectivity index (χ0) is 22.9. The minimum Gasteiger partial charge on any atom is -0.478 e. The van der Waals surface area contributed by atoms with Crippen LogP contribution in [0.1, 0.15) is 25.7 Å². The average Bonchev–Trinajstić information content (AvgIpc) is 2.77. The Bertz CT molecular complexity index is 1050. The van der Waals surface area contributed by atoms with Crippen LogP contribution in [0.3, 0.4) is 0 Å². The van der Waals surface area contributed by atoms with Crippen LogP contribution in [0.15, 0.2) is 88.5 Å². The Hall–Kier alpha value is -2.83. The molecule has 3 atom stereocenters. The summed E-state index contributed by atoms with van der Waals surface area (Å²) in [5.41, 5.74) is -0.637. The standard InChI is InChI=1S/C23H25F2N4O2P/c1-14-13-18(15-7-3-2-4-8-15)27-21-16(10-6-12-29(14)21)19(23(24,25)32)28-20-17(22(30)31)9-5-11-26-20/h5-7,9-13,19-20,26,28H,1-4,8,32H2,(H,30,31). The summed E-state index contributed by atoms with van der Waals surface area (Å²) in [6.07, 6.45) is 16.4. The number of allylic oxidation sites excluding steroid dienone is 7. The van der Waals surface area contributed by atoms with Crippen molar-refractivity contribution in [1.82, 2.24) is 15.5 Å². The molecular weight excluding hydrogens is 433 g/mol. The summed E-state index contributed by atoms with van der Waals surface area (Å²) >= 11 is 0. The zero-order valence-corrected chi connectivity index (χ0v) is 18.5. The third-order valence-electron chi connectivity index (χ3n) is 5.68. The van der Waals surface area contributed by atoms with Crippen molar-refractivity contribution >= 4 is 21.0 Å². The van der Waals surface area contributed by atoms with E-state index < -0.39 is 23.8 Å². The molecule has 0 aromatic rings. The van der Waals surface area contributed by atoms with Crippen LogP contribution in [0, 0.1) is 0 Å². The lowest BCUT2D eigenvalue weighted by Crippen LogP contribution is -2.56. The third-order valence-corrected chi connectivity index (χ3v) is 6.01. The van der Waals surface area contributed by atoms with E-state index in [1.54, 1.807) is 32.5 Å². The molecule has 4 aliphatic rings. The minimum atomic E-state index is -3.29. The van der Waals surface area contributed by atoms with E-state index in [9.17, 15) is 18.7 Å². The fourth-order valence-electron chi connectivity index (χ4n) is 4.10. The molecule has 168 valence electrons. The fourth-order valence-corrected chi connectivity index (χ4v) is 4.37. The van der Waals surface area contributed by atoms with Gasteiger partial charge < -0.3 is 15.3 Å². The number of carbonyl (C=O) groups is 1. The molecule has 4 rings (SSSR count). The second-order valence-electron chi connectivity index (χ2n) is 7.93. The maximum atomic E-state index is 14.9. The Morgan fingerprint density at radius 3 is 2.88 bits per heavy atom. The van der Waals surface area contributed by atoms with Gasteiger partial charge in [0, 0.05) is 17.5 Å². The number of carboxylic acid groups (broad SMARTS) is 1. The lowest BCUT2D eigenvalue weighted by Gasteiger charge is -2.37. The maximum absolute atomic E-state index is 14.9. The number of rotatable bonds is 6. The van der Waals surface area contributed by atoms with E-state index in [1.165, 1.54) is 18.4 Å². The van der Waals surface area contributed by atoms with E-state index in [4.69, 9.17) is 4.99 Å². The summed E-state index contributed by atoms with van der Waals surface area (Å²) in [5, 5.41) is 15.1. The van der Waals surface area contributed by atoms with Crippen LogP contribution >= 0.6 is 9.24 Å². The first kappa shape index (κ1) is 22.4. The van der Waals surface area contributed by atoms with Crippen LogP contribution < -0.4 is 10.6 Å². The summed E-state index contributed by atoms with van der Waals surface area (Å²) in [6, 6.07) is -1.53. The molecule has 0 aromatic heterocycles. The fraction of sp³-hybridized carbons (Fsp3) is 0.304. The Morgan fingerprint density at radius 1 is 1.38 bits per heavy atom. The van der Waals surface area contributed by atoms with Gasteiger partial charge in [-0.1, -0.05) is 28.0 Å². The molecule has 3 aliphatic heterocycles. The van der Waals surface area contributed by atoms with Gasteiger partial charge in [0.15, 0.2) is 0 Å². The Labute approximate surface area is 187 Å². The van der Waals surface area contributed by atoms with Gasteiger partial charge in [-0.3, -0.25) is 5.32 Å². The van der Waals surface area contributed by atoms with Crippen molar-refractivity contribution in [1.29, 1.82) is 0 Å². The maximum Gasteiger partial charge on any atom is 0.335 e. The minimum absolute atomic E-state index is 0.0569. The number of carboxylic acids is 1. The number of aliphatic carboxylic acids is 1. The number of amidine groups is 1. The van der Waals surface area contributed by atoms with Crippen LogP contribution in [0.4, 0.5) is 8.78 Å². The second kappa shape index (κ2) is 8.96. The van der Waals surface area contributed by atoms with Crippen molar-refractivity contribution < 1.29 is 18.7 Å². The van der Waals surface area contributed by atoms with Crippen LogP contribution in [0.5, 0.6) is 0 Å². The first-order valence-corrected chi connectivity index (χ1v) is 11.0. The molecule has 9 heteroatoms. The van der Waals surface area contributed by atoms with Crippen molar-refractivity contribution in [2.24, 2.45) is 4.99 Å². The Morgan fingerprint density at radius 2 is 2.19 bits per heavy atom. The molecular formula is C23H25F2N4O2P. The molecule has 0 aromatic carbocycles. The lowest BCUT2D eigenvalue weighted by atomic mass is 9.94. The monoisotopic (exact) mass is 458 g/mol. The predicted octanol–water partition coefficient (Wildman–Crippen LogP) is 3.93. The summed E-state index contributed by atoms with van der Waals surface area (Å²) in [4.78, 5) is 18.0. The predicted molar refractivity (Wildman–Crippen MR) is 124 cm³/mol. The van der Waals surface area contributed by atoms with E-state index in [1.807, 2.05) is 6.08 Å². The van der Waals surface area contributed by atoms with Gasteiger partial charge in [-0.2, -0.15) is 0 Å². The van der Waals surface area contributed by atoms with Crippen LogP contribution in [0.2, 0.25) is 0 Å². The highest BCUT2D eigenvalue weighted by atomic mass is 31.0. The summed E-state index contributed by atoms with van der Waals surface area (Å²) < 4.78 is 29.7. The van der Waals surface area contributed by atoms with Crippen LogP contribution in [-0.4, -0.2) is 39.7 Å². The summed E-state index contributed by atoms with van der Waals surface area (Å²) in [5.74, 6) is -0.838. The van der Waals surface area contributed by atoms with Crippen molar-refractivity contribution in [3.05, 3.63) is 83.5 Å².